The molecule has 0 spiro atoms. The Labute approximate surface area is 128 Å². The van der Waals surface area contributed by atoms with Crippen molar-refractivity contribution in [3.05, 3.63) is 85.2 Å². The number of rotatable bonds is 3. The minimum absolute atomic E-state index is 0.796. The molecule has 0 aliphatic rings. The van der Waals surface area contributed by atoms with E-state index in [1.54, 1.807) is 4.73 Å². The van der Waals surface area contributed by atoms with E-state index in [2.05, 4.69) is 23.2 Å². The summed E-state index contributed by atoms with van der Waals surface area (Å²) < 4.78 is 1.75. The minimum atomic E-state index is 0.796. The zero-order chi connectivity index (χ0) is 14.8. The summed E-state index contributed by atoms with van der Waals surface area (Å²) in [6, 6.07) is 24.0. The molecule has 0 bridgehead atoms. The molecular formula is C19H14N2O. The zero-order valence-corrected chi connectivity index (χ0v) is 11.9. The van der Waals surface area contributed by atoms with Crippen molar-refractivity contribution < 1.29 is 4.84 Å². The summed E-state index contributed by atoms with van der Waals surface area (Å²) in [7, 11) is 0. The molecule has 0 saturated carbocycles. The SMILES string of the molecule is c1ccc(On2ccc3ncc(-c4ccccc4)cc32)cc1. The molecule has 2 heterocycles. The van der Waals surface area contributed by atoms with Gasteiger partial charge in [-0.15, -0.1) is 0 Å². The molecule has 22 heavy (non-hydrogen) atoms. The van der Waals surface area contributed by atoms with Gasteiger partial charge in [0.1, 0.15) is 5.52 Å². The second-order valence-corrected chi connectivity index (χ2v) is 5.04. The summed E-state index contributed by atoms with van der Waals surface area (Å²) in [5, 5.41) is 0. The summed E-state index contributed by atoms with van der Waals surface area (Å²) in [4.78, 5) is 10.4. The second-order valence-electron chi connectivity index (χ2n) is 5.04. The molecule has 2 aromatic carbocycles. The van der Waals surface area contributed by atoms with Crippen molar-refractivity contribution in [1.29, 1.82) is 0 Å². The smallest absolute Gasteiger partial charge is 0.155 e. The Bertz CT molecular complexity index is 899. The van der Waals surface area contributed by atoms with Crippen molar-refractivity contribution in [2.24, 2.45) is 0 Å². The molecule has 0 N–H and O–H groups in total. The van der Waals surface area contributed by atoms with Gasteiger partial charge in [-0.1, -0.05) is 48.5 Å². The van der Waals surface area contributed by atoms with E-state index in [1.807, 2.05) is 67.0 Å². The van der Waals surface area contributed by atoms with Crippen LogP contribution in [0.3, 0.4) is 0 Å². The van der Waals surface area contributed by atoms with Gasteiger partial charge in [0.15, 0.2) is 5.75 Å². The van der Waals surface area contributed by atoms with Crippen LogP contribution in [-0.2, 0) is 0 Å². The Kier molecular flexibility index (Phi) is 3.09. The molecule has 0 atom stereocenters. The van der Waals surface area contributed by atoms with Gasteiger partial charge in [0, 0.05) is 18.0 Å². The molecule has 0 saturated heterocycles. The van der Waals surface area contributed by atoms with Crippen LogP contribution in [0.5, 0.6) is 5.75 Å². The fourth-order valence-electron chi connectivity index (χ4n) is 2.45. The van der Waals surface area contributed by atoms with Gasteiger partial charge in [-0.05, 0) is 29.8 Å². The van der Waals surface area contributed by atoms with E-state index in [0.717, 1.165) is 27.9 Å². The first-order chi connectivity index (χ1) is 10.9. The first-order valence-corrected chi connectivity index (χ1v) is 7.16. The van der Waals surface area contributed by atoms with Gasteiger partial charge in [-0.3, -0.25) is 4.98 Å². The van der Waals surface area contributed by atoms with Gasteiger partial charge < -0.3 is 4.84 Å². The standard InChI is InChI=1S/C19H14N2O/c1-3-7-15(8-4-1)16-13-19-18(20-14-16)11-12-21(19)22-17-9-5-2-6-10-17/h1-14H. The lowest BCUT2D eigenvalue weighted by molar-refractivity contribution is 0.229. The third kappa shape index (κ3) is 2.33. The van der Waals surface area contributed by atoms with Crippen molar-refractivity contribution in [3.63, 3.8) is 0 Å². The average molecular weight is 286 g/mol. The molecule has 4 aromatic rings. The van der Waals surface area contributed by atoms with Crippen LogP contribution in [0.2, 0.25) is 0 Å². The molecule has 0 aliphatic heterocycles. The molecule has 2 aromatic heterocycles. The van der Waals surface area contributed by atoms with Gasteiger partial charge in [-0.25, -0.2) is 0 Å². The molecule has 0 unspecified atom stereocenters. The van der Waals surface area contributed by atoms with E-state index < -0.39 is 0 Å². The third-order valence-electron chi connectivity index (χ3n) is 3.56. The Morgan fingerprint density at radius 3 is 2.27 bits per heavy atom. The normalized spacial score (nSPS) is 10.7. The van der Waals surface area contributed by atoms with Gasteiger partial charge in [0.2, 0.25) is 0 Å². The molecule has 4 rings (SSSR count). The predicted octanol–water partition coefficient (Wildman–Crippen LogP) is 4.55. The van der Waals surface area contributed by atoms with Crippen molar-refractivity contribution in [2.75, 3.05) is 0 Å². The number of benzene rings is 2. The zero-order valence-electron chi connectivity index (χ0n) is 11.9. The molecule has 3 heteroatoms. The Hall–Kier alpha value is -3.07. The van der Waals surface area contributed by atoms with E-state index in [1.165, 1.54) is 0 Å². The lowest BCUT2D eigenvalue weighted by Gasteiger charge is -2.08. The molecule has 106 valence electrons. The average Bonchev–Trinajstić information content (AvgIpc) is 2.99. The van der Waals surface area contributed by atoms with Gasteiger partial charge in [0.25, 0.3) is 0 Å². The van der Waals surface area contributed by atoms with Crippen LogP contribution in [-0.4, -0.2) is 9.71 Å². The molecule has 0 amide bonds. The summed E-state index contributed by atoms with van der Waals surface area (Å²) in [6.07, 6.45) is 3.78. The van der Waals surface area contributed by atoms with Crippen LogP contribution in [0, 0.1) is 0 Å². The minimum Gasteiger partial charge on any atom is -0.375 e. The number of nitrogens with zero attached hydrogens (tertiary/aromatic N) is 2. The monoisotopic (exact) mass is 286 g/mol. The third-order valence-corrected chi connectivity index (χ3v) is 3.56. The van der Waals surface area contributed by atoms with Crippen LogP contribution in [0.25, 0.3) is 22.2 Å². The van der Waals surface area contributed by atoms with E-state index >= 15 is 0 Å². The predicted molar refractivity (Wildman–Crippen MR) is 87.6 cm³/mol. The maximum absolute atomic E-state index is 5.90. The van der Waals surface area contributed by atoms with Gasteiger partial charge in [-0.2, -0.15) is 4.73 Å². The first kappa shape index (κ1) is 12.7. The molecule has 0 aliphatic carbocycles. The largest absolute Gasteiger partial charge is 0.375 e. The quantitative estimate of drug-likeness (QED) is 0.552. The van der Waals surface area contributed by atoms with Crippen LogP contribution in [0.1, 0.15) is 0 Å². The summed E-state index contributed by atoms with van der Waals surface area (Å²) in [5.41, 5.74) is 4.08. The second kappa shape index (κ2) is 5.37. The Morgan fingerprint density at radius 2 is 1.50 bits per heavy atom. The summed E-state index contributed by atoms with van der Waals surface area (Å²) >= 11 is 0. The van der Waals surface area contributed by atoms with Crippen molar-refractivity contribution in [1.82, 2.24) is 9.71 Å². The highest BCUT2D eigenvalue weighted by molar-refractivity contribution is 5.81. The Balaban J connectivity index is 1.77. The van der Waals surface area contributed by atoms with Crippen LogP contribution in [0.15, 0.2) is 85.2 Å². The number of hydrogen-bond acceptors (Lipinski definition) is 2. The fraction of sp³-hybridized carbons (Fsp3) is 0. The molecule has 0 radical (unpaired) electrons. The molecule has 0 fully saturated rings. The number of para-hydroxylation sites is 1. The molecule has 3 nitrogen and oxygen atoms in total. The highest BCUT2D eigenvalue weighted by Gasteiger charge is 2.06. The topological polar surface area (TPSA) is 27.1 Å². The fourth-order valence-corrected chi connectivity index (χ4v) is 2.45. The number of fused-ring (bicyclic) bond motifs is 1. The van der Waals surface area contributed by atoms with E-state index in [-0.39, 0.29) is 0 Å². The van der Waals surface area contributed by atoms with Crippen LogP contribution in [0.4, 0.5) is 0 Å². The maximum atomic E-state index is 5.90. The van der Waals surface area contributed by atoms with Crippen molar-refractivity contribution >= 4 is 11.0 Å². The van der Waals surface area contributed by atoms with Crippen LogP contribution >= 0.6 is 0 Å². The van der Waals surface area contributed by atoms with Crippen molar-refractivity contribution in [3.8, 4) is 16.9 Å². The van der Waals surface area contributed by atoms with Crippen molar-refractivity contribution in [2.45, 2.75) is 0 Å². The Morgan fingerprint density at radius 1 is 0.773 bits per heavy atom. The number of hydrogen-bond donors (Lipinski definition) is 0. The van der Waals surface area contributed by atoms with E-state index in [9.17, 15) is 0 Å². The number of pyridine rings is 1. The highest BCUT2D eigenvalue weighted by Crippen LogP contribution is 2.23. The first-order valence-electron chi connectivity index (χ1n) is 7.16. The highest BCUT2D eigenvalue weighted by atomic mass is 16.7. The van der Waals surface area contributed by atoms with Gasteiger partial charge >= 0.3 is 0 Å². The van der Waals surface area contributed by atoms with Crippen LogP contribution < -0.4 is 4.84 Å². The lowest BCUT2D eigenvalue weighted by atomic mass is 10.1. The summed E-state index contributed by atoms with van der Waals surface area (Å²) in [6.45, 7) is 0. The van der Waals surface area contributed by atoms with E-state index in [0.29, 0.717) is 0 Å². The van der Waals surface area contributed by atoms with E-state index in [4.69, 9.17) is 4.84 Å². The number of aromatic nitrogens is 2. The lowest BCUT2D eigenvalue weighted by Crippen LogP contribution is -2.03. The molecular weight excluding hydrogens is 272 g/mol. The maximum Gasteiger partial charge on any atom is 0.155 e. The van der Waals surface area contributed by atoms with Gasteiger partial charge in [0.05, 0.1) is 5.52 Å². The summed E-state index contributed by atoms with van der Waals surface area (Å²) in [5.74, 6) is 0.796.